The van der Waals surface area contributed by atoms with E-state index in [4.69, 9.17) is 10.9 Å². The summed E-state index contributed by atoms with van der Waals surface area (Å²) < 4.78 is 0. The van der Waals surface area contributed by atoms with Gasteiger partial charge in [0.05, 0.1) is 0 Å². The van der Waals surface area contributed by atoms with Crippen LogP contribution in [-0.2, 0) is 0 Å². The van der Waals surface area contributed by atoms with Crippen molar-refractivity contribution in [1.82, 2.24) is 0 Å². The fourth-order valence-electron chi connectivity index (χ4n) is 2.94. The van der Waals surface area contributed by atoms with E-state index in [2.05, 4.69) is 5.16 Å². The highest BCUT2D eigenvalue weighted by atomic mass is 16.4. The summed E-state index contributed by atoms with van der Waals surface area (Å²) >= 11 is 0. The Morgan fingerprint density at radius 1 is 1.42 bits per heavy atom. The summed E-state index contributed by atoms with van der Waals surface area (Å²) in [6.07, 6.45) is 6.29. The lowest BCUT2D eigenvalue weighted by molar-refractivity contribution is 0.306. The van der Waals surface area contributed by atoms with Gasteiger partial charge in [-0.3, -0.25) is 0 Å². The van der Waals surface area contributed by atoms with Crippen molar-refractivity contribution in [3.63, 3.8) is 0 Å². The van der Waals surface area contributed by atoms with Gasteiger partial charge in [-0.25, -0.2) is 0 Å². The summed E-state index contributed by atoms with van der Waals surface area (Å²) in [4.78, 5) is 0. The maximum Gasteiger partial charge on any atom is 0.139 e. The van der Waals surface area contributed by atoms with E-state index >= 15 is 0 Å². The van der Waals surface area contributed by atoms with Crippen molar-refractivity contribution < 1.29 is 5.21 Å². The Hall–Kier alpha value is -0.730. The molecule has 3 heteroatoms. The van der Waals surface area contributed by atoms with Crippen LogP contribution in [0, 0.1) is 17.8 Å². The van der Waals surface area contributed by atoms with E-state index in [9.17, 15) is 0 Å². The van der Waals surface area contributed by atoms with Crippen molar-refractivity contribution in [1.29, 1.82) is 0 Å². The third-order valence-electron chi connectivity index (χ3n) is 3.48. The van der Waals surface area contributed by atoms with Crippen LogP contribution in [0.4, 0.5) is 0 Å². The van der Waals surface area contributed by atoms with Gasteiger partial charge in [-0.05, 0) is 37.0 Å². The highest BCUT2D eigenvalue weighted by Crippen LogP contribution is 2.49. The minimum absolute atomic E-state index is 0.410. The maximum absolute atomic E-state index is 8.43. The monoisotopic (exact) mass is 168 g/mol. The standard InChI is InChI=1S/C9H16N2O/c10-9(11-12)5-8-4-6-1-2-7(8)3-6/h6-8,12H,1-5H2,(H2,10,11). The summed E-state index contributed by atoms with van der Waals surface area (Å²) in [5.41, 5.74) is 5.48. The molecule has 0 aromatic carbocycles. The first-order valence-electron chi connectivity index (χ1n) is 4.76. The molecule has 3 unspecified atom stereocenters. The molecule has 0 spiro atoms. The lowest BCUT2D eigenvalue weighted by atomic mass is 9.86. The predicted octanol–water partition coefficient (Wildman–Crippen LogP) is 1.56. The van der Waals surface area contributed by atoms with Gasteiger partial charge in [0.25, 0.3) is 0 Å². The summed E-state index contributed by atoms with van der Waals surface area (Å²) in [5.74, 6) is 2.94. The molecule has 3 N–H and O–H groups in total. The number of hydrogen-bond donors (Lipinski definition) is 2. The van der Waals surface area contributed by atoms with Crippen molar-refractivity contribution in [2.45, 2.75) is 32.1 Å². The third-order valence-corrected chi connectivity index (χ3v) is 3.48. The van der Waals surface area contributed by atoms with Gasteiger partial charge in [-0.1, -0.05) is 11.6 Å². The van der Waals surface area contributed by atoms with E-state index in [1.807, 2.05) is 0 Å². The fraction of sp³-hybridized carbons (Fsp3) is 0.889. The molecule has 0 aromatic rings. The van der Waals surface area contributed by atoms with Crippen LogP contribution in [0.25, 0.3) is 0 Å². The summed E-state index contributed by atoms with van der Waals surface area (Å²) in [6, 6.07) is 0. The second kappa shape index (κ2) is 2.96. The molecule has 3 nitrogen and oxygen atoms in total. The molecule has 0 heterocycles. The van der Waals surface area contributed by atoms with Crippen LogP contribution in [0.1, 0.15) is 32.1 Å². The Balaban J connectivity index is 1.91. The van der Waals surface area contributed by atoms with Crippen molar-refractivity contribution in [2.75, 3.05) is 0 Å². The molecule has 2 fully saturated rings. The maximum atomic E-state index is 8.43. The van der Waals surface area contributed by atoms with Gasteiger partial charge in [0.1, 0.15) is 5.84 Å². The van der Waals surface area contributed by atoms with E-state index in [1.165, 1.54) is 25.7 Å². The molecule has 2 aliphatic rings. The van der Waals surface area contributed by atoms with Crippen molar-refractivity contribution in [3.8, 4) is 0 Å². The minimum atomic E-state index is 0.410. The van der Waals surface area contributed by atoms with Gasteiger partial charge >= 0.3 is 0 Å². The fourth-order valence-corrected chi connectivity index (χ4v) is 2.94. The van der Waals surface area contributed by atoms with Gasteiger partial charge in [0.15, 0.2) is 0 Å². The lowest BCUT2D eigenvalue weighted by Gasteiger charge is -2.20. The molecule has 0 aromatic heterocycles. The second-order valence-corrected chi connectivity index (χ2v) is 4.23. The van der Waals surface area contributed by atoms with Crippen LogP contribution in [0.2, 0.25) is 0 Å². The molecular formula is C9H16N2O. The van der Waals surface area contributed by atoms with Crippen LogP contribution in [0.15, 0.2) is 5.16 Å². The second-order valence-electron chi connectivity index (χ2n) is 4.23. The number of hydrogen-bond acceptors (Lipinski definition) is 2. The summed E-state index contributed by atoms with van der Waals surface area (Å²) in [6.45, 7) is 0. The molecule has 0 amide bonds. The van der Waals surface area contributed by atoms with Crippen LogP contribution < -0.4 is 5.73 Å². The van der Waals surface area contributed by atoms with Crippen LogP contribution >= 0.6 is 0 Å². The Morgan fingerprint density at radius 3 is 2.75 bits per heavy atom. The molecule has 0 saturated heterocycles. The zero-order valence-corrected chi connectivity index (χ0v) is 7.24. The molecule has 2 saturated carbocycles. The minimum Gasteiger partial charge on any atom is -0.409 e. The molecular weight excluding hydrogens is 152 g/mol. The van der Waals surface area contributed by atoms with Crippen molar-refractivity contribution >= 4 is 5.84 Å². The molecule has 3 atom stereocenters. The Bertz CT molecular complexity index is 203. The molecule has 2 bridgehead atoms. The number of nitrogens with two attached hydrogens (primary N) is 1. The summed E-state index contributed by atoms with van der Waals surface area (Å²) in [7, 11) is 0. The number of rotatable bonds is 2. The topological polar surface area (TPSA) is 58.6 Å². The lowest BCUT2D eigenvalue weighted by Crippen LogP contribution is -2.20. The average Bonchev–Trinajstić information content (AvgIpc) is 2.64. The normalized spacial score (nSPS) is 40.7. The quantitative estimate of drug-likeness (QED) is 0.284. The van der Waals surface area contributed by atoms with E-state index in [0.29, 0.717) is 11.8 Å². The zero-order valence-electron chi connectivity index (χ0n) is 7.24. The summed E-state index contributed by atoms with van der Waals surface area (Å²) in [5, 5.41) is 11.5. The Kier molecular flexibility index (Phi) is 1.95. The molecule has 12 heavy (non-hydrogen) atoms. The predicted molar refractivity (Wildman–Crippen MR) is 47.0 cm³/mol. The number of fused-ring (bicyclic) bond motifs is 2. The van der Waals surface area contributed by atoms with Crippen LogP contribution in [0.5, 0.6) is 0 Å². The molecule has 0 aliphatic heterocycles. The van der Waals surface area contributed by atoms with Gasteiger partial charge in [0.2, 0.25) is 0 Å². The largest absolute Gasteiger partial charge is 0.409 e. The molecule has 0 radical (unpaired) electrons. The first-order chi connectivity index (χ1) is 5.79. The van der Waals surface area contributed by atoms with Gasteiger partial charge in [0, 0.05) is 6.42 Å². The SMILES string of the molecule is N/C(CC1CC2CCC1C2)=N\O. The smallest absolute Gasteiger partial charge is 0.139 e. The van der Waals surface area contributed by atoms with Gasteiger partial charge in [-0.15, -0.1) is 0 Å². The van der Waals surface area contributed by atoms with Crippen LogP contribution in [-0.4, -0.2) is 11.0 Å². The number of oxime groups is 1. The third kappa shape index (κ3) is 1.28. The van der Waals surface area contributed by atoms with Crippen molar-refractivity contribution in [2.24, 2.45) is 28.6 Å². The van der Waals surface area contributed by atoms with E-state index < -0.39 is 0 Å². The number of nitrogens with zero attached hydrogens (tertiary/aromatic N) is 1. The first-order valence-corrected chi connectivity index (χ1v) is 4.76. The zero-order chi connectivity index (χ0) is 8.55. The van der Waals surface area contributed by atoms with Gasteiger partial charge in [-0.2, -0.15) is 0 Å². The van der Waals surface area contributed by atoms with E-state index in [1.54, 1.807) is 0 Å². The molecule has 2 aliphatic carbocycles. The van der Waals surface area contributed by atoms with Crippen LogP contribution in [0.3, 0.4) is 0 Å². The van der Waals surface area contributed by atoms with E-state index in [-0.39, 0.29) is 0 Å². The highest BCUT2D eigenvalue weighted by Gasteiger charge is 2.39. The molecule has 68 valence electrons. The first kappa shape index (κ1) is 7.90. The van der Waals surface area contributed by atoms with Gasteiger partial charge < -0.3 is 10.9 Å². The molecule has 2 rings (SSSR count). The average molecular weight is 168 g/mol. The van der Waals surface area contributed by atoms with E-state index in [0.717, 1.165) is 18.3 Å². The highest BCUT2D eigenvalue weighted by molar-refractivity contribution is 5.79. The Morgan fingerprint density at radius 2 is 2.25 bits per heavy atom. The number of amidine groups is 1. The van der Waals surface area contributed by atoms with Crippen molar-refractivity contribution in [3.05, 3.63) is 0 Å². The Labute approximate surface area is 72.6 Å².